The Morgan fingerprint density at radius 2 is 0.784 bits per heavy atom. The Bertz CT molecular complexity index is 2320. The van der Waals surface area contributed by atoms with Crippen molar-refractivity contribution in [3.63, 3.8) is 0 Å². The van der Waals surface area contributed by atoms with Gasteiger partial charge in [-0.05, 0) is 0 Å². The summed E-state index contributed by atoms with van der Waals surface area (Å²) in [5.41, 5.74) is -2.55. The number of hydrogen-bond donors (Lipinski definition) is 0. The van der Waals surface area contributed by atoms with Gasteiger partial charge in [0.2, 0.25) is 0 Å². The molecule has 7 heteroatoms. The van der Waals surface area contributed by atoms with Crippen LogP contribution in [0.4, 0.5) is 0 Å². The van der Waals surface area contributed by atoms with Crippen molar-refractivity contribution in [1.82, 2.24) is 0 Å². The molecule has 0 unspecified atom stereocenters. The third kappa shape index (κ3) is 5.03. The van der Waals surface area contributed by atoms with Crippen molar-refractivity contribution < 1.29 is 14.3 Å². The minimum atomic E-state index is -2.21. The first-order chi connectivity index (χ1) is 24.9. The molecular weight excluding hydrogens is 796 g/mol. The monoisotopic (exact) mass is 828 g/mol. The molecule has 0 fully saturated rings. The maximum absolute atomic E-state index is 13.7. The van der Waals surface area contributed by atoms with Gasteiger partial charge in [-0.2, -0.15) is 0 Å². The first kappa shape index (κ1) is 32.6. The van der Waals surface area contributed by atoms with E-state index in [0.717, 1.165) is 27.3 Å². The zero-order chi connectivity index (χ0) is 34.6. The van der Waals surface area contributed by atoms with Crippen molar-refractivity contribution in [3.05, 3.63) is 204 Å². The van der Waals surface area contributed by atoms with E-state index in [9.17, 15) is 4.79 Å². The summed E-state index contributed by atoms with van der Waals surface area (Å²) in [7, 11) is 0. The third-order valence-corrected chi connectivity index (χ3v) is 24.0. The number of ether oxygens (including phenoxy) is 2. The number of benzene rings is 7. The molecule has 0 N–H and O–H groups in total. The van der Waals surface area contributed by atoms with Crippen LogP contribution in [0.15, 0.2) is 182 Å². The standard InChI is InChI=1S/C44H30O3P2Se2/c45-43-37-23-13-14-24-38(37)44(47-43)39-27-25-35(48(50,31-15-5-1-6-16-31)32-17-7-2-8-18-32)29-41(39)46-42-30-36(26-28-40(42)44)49(51,33-19-9-3-10-20-33)34-21-11-4-12-22-34/h1-30H. The van der Waals surface area contributed by atoms with Crippen LogP contribution in [0.25, 0.3) is 0 Å². The van der Waals surface area contributed by atoms with Gasteiger partial charge in [-0.15, -0.1) is 0 Å². The van der Waals surface area contributed by atoms with Gasteiger partial charge in [0, 0.05) is 0 Å². The molecule has 0 aromatic heterocycles. The topological polar surface area (TPSA) is 35.5 Å². The van der Waals surface area contributed by atoms with E-state index in [1.54, 1.807) is 0 Å². The molecule has 51 heavy (non-hydrogen) atoms. The zero-order valence-corrected chi connectivity index (χ0v) is 32.5. The van der Waals surface area contributed by atoms with Gasteiger partial charge in [0.15, 0.2) is 0 Å². The Hall–Kier alpha value is -4.29. The summed E-state index contributed by atoms with van der Waals surface area (Å²) in [5, 5.41) is 7.16. The molecule has 0 atom stereocenters. The first-order valence-electron chi connectivity index (χ1n) is 16.7. The average Bonchev–Trinajstić information content (AvgIpc) is 3.50. The molecular formula is C44H30O3P2Se2. The van der Waals surface area contributed by atoms with Gasteiger partial charge in [-0.3, -0.25) is 0 Å². The van der Waals surface area contributed by atoms with Crippen LogP contribution in [-0.4, -0.2) is 36.2 Å². The second-order valence-electron chi connectivity index (χ2n) is 12.6. The Morgan fingerprint density at radius 1 is 0.412 bits per heavy atom. The van der Waals surface area contributed by atoms with Gasteiger partial charge in [0.1, 0.15) is 0 Å². The second-order valence-corrected chi connectivity index (χ2v) is 25.1. The fourth-order valence-corrected chi connectivity index (χ4v) is 17.3. The predicted molar refractivity (Wildman–Crippen MR) is 214 cm³/mol. The van der Waals surface area contributed by atoms with E-state index < -0.39 is 16.6 Å². The average molecular weight is 827 g/mol. The van der Waals surface area contributed by atoms with Gasteiger partial charge in [-0.25, -0.2) is 0 Å². The molecule has 2 aliphatic rings. The Labute approximate surface area is 312 Å². The molecule has 1 spiro atoms. The van der Waals surface area contributed by atoms with Crippen molar-refractivity contribution >= 4 is 79.0 Å². The summed E-state index contributed by atoms with van der Waals surface area (Å²) in [6.45, 7) is 0. The van der Waals surface area contributed by atoms with Crippen LogP contribution in [0.2, 0.25) is 0 Å². The number of rotatable bonds is 6. The predicted octanol–water partition coefficient (Wildman–Crippen LogP) is 7.01. The summed E-state index contributed by atoms with van der Waals surface area (Å²) in [4.78, 5) is 13.7. The Balaban J connectivity index is 1.29. The van der Waals surface area contributed by atoms with Crippen LogP contribution in [0.1, 0.15) is 27.0 Å². The summed E-state index contributed by atoms with van der Waals surface area (Å²) in [5.74, 6) is 1.02. The van der Waals surface area contributed by atoms with E-state index in [0.29, 0.717) is 17.1 Å². The van der Waals surface area contributed by atoms with Crippen LogP contribution >= 0.6 is 11.0 Å². The molecule has 7 aromatic rings. The van der Waals surface area contributed by atoms with Crippen molar-refractivity contribution in [3.8, 4) is 11.5 Å². The molecule has 0 amide bonds. The van der Waals surface area contributed by atoms with Gasteiger partial charge in [-0.1, -0.05) is 0 Å². The molecule has 7 aromatic carbocycles. The molecule has 0 saturated heterocycles. The molecule has 3 nitrogen and oxygen atoms in total. The van der Waals surface area contributed by atoms with Crippen LogP contribution in [0.3, 0.4) is 0 Å². The number of fused-ring (bicyclic) bond motifs is 6. The van der Waals surface area contributed by atoms with E-state index in [1.807, 2.05) is 24.3 Å². The van der Waals surface area contributed by atoms with Crippen molar-refractivity contribution in [2.45, 2.75) is 5.60 Å². The Kier molecular flexibility index (Phi) is 8.14. The summed E-state index contributed by atoms with van der Waals surface area (Å²) < 4.78 is 13.6. The summed E-state index contributed by atoms with van der Waals surface area (Å²) in [6.07, 6.45) is 0. The van der Waals surface area contributed by atoms with Gasteiger partial charge >= 0.3 is 315 Å². The SMILES string of the molecule is O=C1OC2(c3ccc(P(=[Se])(c4ccccc4)c4ccccc4)cc3Oc3cc(P(=[Se])(c4ccccc4)c4ccccc4)ccc32)c2ccccc21. The normalized spacial score (nSPS) is 14.2. The van der Waals surface area contributed by atoms with Gasteiger partial charge < -0.3 is 0 Å². The van der Waals surface area contributed by atoms with E-state index in [-0.39, 0.29) is 5.97 Å². The Morgan fingerprint density at radius 3 is 1.20 bits per heavy atom. The molecule has 2 heterocycles. The summed E-state index contributed by atoms with van der Waals surface area (Å²) in [6, 6.07) is 63.2. The second kappa shape index (κ2) is 12.7. The number of esters is 1. The van der Waals surface area contributed by atoms with E-state index in [2.05, 4.69) is 188 Å². The van der Waals surface area contributed by atoms with Crippen LogP contribution < -0.4 is 36.6 Å². The molecule has 0 radical (unpaired) electrons. The van der Waals surface area contributed by atoms with Crippen molar-refractivity contribution in [1.29, 1.82) is 0 Å². The van der Waals surface area contributed by atoms with Gasteiger partial charge in [0.25, 0.3) is 0 Å². The molecule has 9 rings (SSSR count). The van der Waals surface area contributed by atoms with Crippen LogP contribution in [0, 0.1) is 0 Å². The van der Waals surface area contributed by atoms with E-state index >= 15 is 0 Å². The summed E-state index contributed by atoms with van der Waals surface area (Å²) >= 11 is 7.37. The van der Waals surface area contributed by atoms with Crippen molar-refractivity contribution in [2.24, 2.45) is 0 Å². The van der Waals surface area contributed by atoms with Crippen LogP contribution in [-0.2, 0) is 10.3 Å². The molecule has 0 saturated carbocycles. The minimum absolute atomic E-state index is 0.337. The van der Waals surface area contributed by atoms with E-state index in [1.165, 1.54) is 21.2 Å². The zero-order valence-electron chi connectivity index (χ0n) is 27.3. The maximum atomic E-state index is 13.7. The van der Waals surface area contributed by atoms with E-state index in [4.69, 9.17) is 9.47 Å². The van der Waals surface area contributed by atoms with Crippen molar-refractivity contribution in [2.75, 3.05) is 0 Å². The number of carbonyl (C=O) groups excluding carboxylic acids is 1. The quantitative estimate of drug-likeness (QED) is 0.103. The number of hydrogen-bond acceptors (Lipinski definition) is 3. The molecule has 246 valence electrons. The van der Waals surface area contributed by atoms with Gasteiger partial charge in [0.05, 0.1) is 0 Å². The molecule has 0 bridgehead atoms. The fourth-order valence-electron chi connectivity index (χ4n) is 7.49. The third-order valence-electron chi connectivity index (χ3n) is 9.89. The molecule has 0 aliphatic carbocycles. The first-order valence-corrected chi connectivity index (χ1v) is 24.7. The molecule has 2 aliphatic heterocycles. The fraction of sp³-hybridized carbons (Fsp3) is 0.0227. The van der Waals surface area contributed by atoms with Crippen LogP contribution in [0.5, 0.6) is 11.5 Å². The number of carbonyl (C=O) groups is 1.